The fourth-order valence-electron chi connectivity index (χ4n) is 1.81. The molecule has 1 aliphatic rings. The summed E-state index contributed by atoms with van der Waals surface area (Å²) in [5, 5.41) is 3.41. The van der Waals surface area contributed by atoms with E-state index in [1.54, 1.807) is 12.4 Å². The van der Waals surface area contributed by atoms with E-state index in [0.717, 1.165) is 22.3 Å². The van der Waals surface area contributed by atoms with E-state index >= 15 is 0 Å². The summed E-state index contributed by atoms with van der Waals surface area (Å²) < 4.78 is 6.68. The molecule has 5 heteroatoms. The van der Waals surface area contributed by atoms with Gasteiger partial charge in [0.25, 0.3) is 0 Å². The summed E-state index contributed by atoms with van der Waals surface area (Å²) in [7, 11) is 0. The van der Waals surface area contributed by atoms with Gasteiger partial charge in [0.05, 0.1) is 18.1 Å². The Morgan fingerprint density at radius 3 is 2.75 bits per heavy atom. The Morgan fingerprint density at radius 1 is 1.20 bits per heavy atom. The molecule has 104 valence electrons. The molecule has 0 bridgehead atoms. The second-order valence-electron chi connectivity index (χ2n) is 4.88. The standard InChI is InChI=1S/C15H16BrN3O/c16-14-4-2-1-3-11(14)10-20-15-9-18-13(8-19-15)7-17-12-5-6-12/h1-4,8-9,12,17H,5-7,10H2. The van der Waals surface area contributed by atoms with Crippen LogP contribution >= 0.6 is 15.9 Å². The van der Waals surface area contributed by atoms with Crippen LogP contribution in [0.1, 0.15) is 24.1 Å². The molecule has 20 heavy (non-hydrogen) atoms. The average molecular weight is 334 g/mol. The SMILES string of the molecule is Brc1ccccc1COc1cnc(CNC2CC2)cn1. The van der Waals surface area contributed by atoms with Gasteiger partial charge in [-0.05, 0) is 18.9 Å². The van der Waals surface area contributed by atoms with E-state index in [1.165, 1.54) is 12.8 Å². The first-order valence-electron chi connectivity index (χ1n) is 6.72. The van der Waals surface area contributed by atoms with E-state index in [4.69, 9.17) is 4.74 Å². The van der Waals surface area contributed by atoms with Gasteiger partial charge < -0.3 is 10.1 Å². The molecule has 1 saturated carbocycles. The van der Waals surface area contributed by atoms with Crippen LogP contribution in [-0.4, -0.2) is 16.0 Å². The minimum absolute atomic E-state index is 0.482. The fraction of sp³-hybridized carbons (Fsp3) is 0.333. The number of aromatic nitrogens is 2. The summed E-state index contributed by atoms with van der Waals surface area (Å²) in [6, 6.07) is 8.67. The van der Waals surface area contributed by atoms with Crippen molar-refractivity contribution in [1.29, 1.82) is 0 Å². The molecule has 0 atom stereocenters. The third kappa shape index (κ3) is 3.77. The van der Waals surface area contributed by atoms with E-state index in [0.29, 0.717) is 18.5 Å². The van der Waals surface area contributed by atoms with Gasteiger partial charge in [0.2, 0.25) is 5.88 Å². The highest BCUT2D eigenvalue weighted by atomic mass is 79.9. The Morgan fingerprint density at radius 2 is 2.05 bits per heavy atom. The van der Waals surface area contributed by atoms with Crippen molar-refractivity contribution >= 4 is 15.9 Å². The molecule has 1 aromatic heterocycles. The molecule has 1 N–H and O–H groups in total. The predicted molar refractivity (Wildman–Crippen MR) is 80.4 cm³/mol. The van der Waals surface area contributed by atoms with Crippen molar-refractivity contribution in [2.45, 2.75) is 32.0 Å². The number of ether oxygens (including phenoxy) is 1. The molecular weight excluding hydrogens is 318 g/mol. The molecular formula is C15H16BrN3O. The van der Waals surface area contributed by atoms with Gasteiger partial charge in [0.1, 0.15) is 6.61 Å². The van der Waals surface area contributed by atoms with Crippen LogP contribution in [-0.2, 0) is 13.2 Å². The normalized spacial score (nSPS) is 14.2. The number of rotatable bonds is 6. The van der Waals surface area contributed by atoms with Crippen LogP contribution in [0.2, 0.25) is 0 Å². The number of nitrogens with zero attached hydrogens (tertiary/aromatic N) is 2. The molecule has 0 radical (unpaired) electrons. The summed E-state index contributed by atoms with van der Waals surface area (Å²) in [5.74, 6) is 0.552. The van der Waals surface area contributed by atoms with Crippen LogP contribution in [0.5, 0.6) is 5.88 Å². The minimum Gasteiger partial charge on any atom is -0.472 e. The van der Waals surface area contributed by atoms with Crippen LogP contribution in [0.4, 0.5) is 0 Å². The average Bonchev–Trinajstić information content (AvgIpc) is 3.30. The van der Waals surface area contributed by atoms with E-state index < -0.39 is 0 Å². The lowest BCUT2D eigenvalue weighted by Gasteiger charge is -2.07. The van der Waals surface area contributed by atoms with Gasteiger partial charge in [-0.3, -0.25) is 4.98 Å². The first-order valence-corrected chi connectivity index (χ1v) is 7.51. The van der Waals surface area contributed by atoms with Gasteiger partial charge in [-0.2, -0.15) is 0 Å². The van der Waals surface area contributed by atoms with Gasteiger partial charge in [-0.25, -0.2) is 4.98 Å². The molecule has 1 fully saturated rings. The van der Waals surface area contributed by atoms with Gasteiger partial charge in [-0.1, -0.05) is 34.1 Å². The zero-order valence-corrected chi connectivity index (χ0v) is 12.6. The monoisotopic (exact) mass is 333 g/mol. The van der Waals surface area contributed by atoms with Crippen molar-refractivity contribution in [2.24, 2.45) is 0 Å². The third-order valence-corrected chi connectivity index (χ3v) is 3.94. The summed E-state index contributed by atoms with van der Waals surface area (Å²) in [4.78, 5) is 8.63. The second kappa shape index (κ2) is 6.33. The van der Waals surface area contributed by atoms with Gasteiger partial charge in [0.15, 0.2) is 0 Å². The number of nitrogens with one attached hydrogen (secondary N) is 1. The topological polar surface area (TPSA) is 47.0 Å². The van der Waals surface area contributed by atoms with Crippen LogP contribution in [0, 0.1) is 0 Å². The van der Waals surface area contributed by atoms with Gasteiger partial charge in [0, 0.05) is 22.6 Å². The Hall–Kier alpha value is -1.46. The highest BCUT2D eigenvalue weighted by molar-refractivity contribution is 9.10. The van der Waals surface area contributed by atoms with Crippen LogP contribution in [0.3, 0.4) is 0 Å². The van der Waals surface area contributed by atoms with Gasteiger partial charge in [-0.15, -0.1) is 0 Å². The highest BCUT2D eigenvalue weighted by Gasteiger charge is 2.20. The van der Waals surface area contributed by atoms with E-state index in [9.17, 15) is 0 Å². The lowest BCUT2D eigenvalue weighted by molar-refractivity contribution is 0.291. The quantitative estimate of drug-likeness (QED) is 0.882. The number of hydrogen-bond donors (Lipinski definition) is 1. The summed E-state index contributed by atoms with van der Waals surface area (Å²) in [6.07, 6.45) is 6.01. The van der Waals surface area contributed by atoms with Gasteiger partial charge >= 0.3 is 0 Å². The molecule has 1 aromatic carbocycles. The molecule has 0 saturated heterocycles. The van der Waals surface area contributed by atoms with Crippen molar-refractivity contribution in [3.63, 3.8) is 0 Å². The van der Waals surface area contributed by atoms with Crippen molar-refractivity contribution < 1.29 is 4.74 Å². The van der Waals surface area contributed by atoms with E-state index in [1.807, 2.05) is 24.3 Å². The van der Waals surface area contributed by atoms with Crippen LogP contribution in [0.15, 0.2) is 41.1 Å². The zero-order valence-electron chi connectivity index (χ0n) is 11.1. The van der Waals surface area contributed by atoms with Crippen LogP contribution < -0.4 is 10.1 Å². The minimum atomic E-state index is 0.482. The number of halogens is 1. The Balaban J connectivity index is 1.53. The molecule has 0 aliphatic heterocycles. The predicted octanol–water partition coefficient (Wildman–Crippen LogP) is 3.07. The maximum atomic E-state index is 5.64. The first-order chi connectivity index (χ1) is 9.81. The fourth-order valence-corrected chi connectivity index (χ4v) is 2.21. The largest absolute Gasteiger partial charge is 0.472 e. The zero-order chi connectivity index (χ0) is 13.8. The summed E-state index contributed by atoms with van der Waals surface area (Å²) in [6.45, 7) is 1.26. The molecule has 0 amide bonds. The maximum absolute atomic E-state index is 5.64. The number of benzene rings is 1. The molecule has 0 unspecified atom stereocenters. The molecule has 3 rings (SSSR count). The summed E-state index contributed by atoms with van der Waals surface area (Å²) in [5.41, 5.74) is 2.04. The van der Waals surface area contributed by atoms with Crippen LogP contribution in [0.25, 0.3) is 0 Å². The molecule has 4 nitrogen and oxygen atoms in total. The second-order valence-corrected chi connectivity index (χ2v) is 5.74. The Bertz CT molecular complexity index is 570. The molecule has 1 heterocycles. The smallest absolute Gasteiger partial charge is 0.232 e. The third-order valence-electron chi connectivity index (χ3n) is 3.16. The van der Waals surface area contributed by atoms with Crippen molar-refractivity contribution in [3.05, 3.63) is 52.4 Å². The molecule has 1 aliphatic carbocycles. The molecule has 0 spiro atoms. The summed E-state index contributed by atoms with van der Waals surface area (Å²) >= 11 is 3.50. The maximum Gasteiger partial charge on any atom is 0.232 e. The number of hydrogen-bond acceptors (Lipinski definition) is 4. The molecule has 2 aromatic rings. The lowest BCUT2D eigenvalue weighted by Crippen LogP contribution is -2.16. The van der Waals surface area contributed by atoms with Crippen molar-refractivity contribution in [1.82, 2.24) is 15.3 Å². The Kier molecular flexibility index (Phi) is 4.28. The van der Waals surface area contributed by atoms with E-state index in [2.05, 4.69) is 31.2 Å². The van der Waals surface area contributed by atoms with Crippen molar-refractivity contribution in [2.75, 3.05) is 0 Å². The van der Waals surface area contributed by atoms with Crippen molar-refractivity contribution in [3.8, 4) is 5.88 Å². The Labute approximate surface area is 126 Å². The van der Waals surface area contributed by atoms with E-state index in [-0.39, 0.29) is 0 Å². The first kappa shape index (κ1) is 13.5. The lowest BCUT2D eigenvalue weighted by atomic mass is 10.2. The highest BCUT2D eigenvalue weighted by Crippen LogP contribution is 2.19.